The molecule has 70 valence electrons. The highest BCUT2D eigenvalue weighted by Gasteiger charge is 2.16. The molecule has 0 heterocycles. The Morgan fingerprint density at radius 3 is 2.46 bits per heavy atom. The molecule has 1 aromatic rings. The van der Waals surface area contributed by atoms with Gasteiger partial charge in [0, 0.05) is 11.5 Å². The fraction of sp³-hybridized carbons (Fsp3) is 0.364. The first-order valence-corrected chi connectivity index (χ1v) is 4.49. The van der Waals surface area contributed by atoms with Gasteiger partial charge in [0.25, 0.3) is 0 Å². The molecular weight excluding hydrogens is 164 g/mol. The number of Topliss-reactive ketones (excluding diaryl/α,β-unsaturated/α-hetero) is 1. The first-order chi connectivity index (χ1) is 6.29. The van der Waals surface area contributed by atoms with Crippen LogP contribution >= 0.6 is 0 Å². The van der Waals surface area contributed by atoms with Gasteiger partial charge in [-0.25, -0.2) is 0 Å². The predicted molar refractivity (Wildman–Crippen MR) is 51.6 cm³/mol. The molecule has 0 radical (unpaired) electrons. The van der Waals surface area contributed by atoms with E-state index in [0.29, 0.717) is 12.0 Å². The lowest BCUT2D eigenvalue weighted by Gasteiger charge is -2.09. The zero-order chi connectivity index (χ0) is 9.68. The molecule has 1 atom stereocenters. The fourth-order valence-corrected chi connectivity index (χ4v) is 1.24. The van der Waals surface area contributed by atoms with Gasteiger partial charge in [-0.3, -0.25) is 4.79 Å². The zero-order valence-electron chi connectivity index (χ0n) is 7.73. The molecule has 0 saturated carbocycles. The molecule has 0 aliphatic rings. The second kappa shape index (κ2) is 4.77. The maximum atomic E-state index is 11.6. The summed E-state index contributed by atoms with van der Waals surface area (Å²) in [5.41, 5.74) is 0.684. The van der Waals surface area contributed by atoms with Crippen molar-refractivity contribution in [3.05, 3.63) is 35.9 Å². The third kappa shape index (κ3) is 2.39. The number of ketones is 1. The molecule has 0 amide bonds. The van der Waals surface area contributed by atoms with Crippen molar-refractivity contribution in [3.8, 4) is 0 Å². The van der Waals surface area contributed by atoms with Gasteiger partial charge in [-0.1, -0.05) is 37.3 Å². The van der Waals surface area contributed by atoms with Gasteiger partial charge >= 0.3 is 0 Å². The van der Waals surface area contributed by atoms with Crippen LogP contribution in [0.2, 0.25) is 0 Å². The average Bonchev–Trinajstić information content (AvgIpc) is 2.21. The highest BCUT2D eigenvalue weighted by Crippen LogP contribution is 2.11. The lowest BCUT2D eigenvalue weighted by Crippen LogP contribution is -2.17. The minimum atomic E-state index is -0.248. The summed E-state index contributed by atoms with van der Waals surface area (Å²) in [6.45, 7) is 1.84. The van der Waals surface area contributed by atoms with E-state index in [2.05, 4.69) is 0 Å². The number of benzene rings is 1. The van der Waals surface area contributed by atoms with E-state index < -0.39 is 0 Å². The molecule has 2 nitrogen and oxygen atoms in total. The standard InChI is InChI=1S/C11H14O2/c1-2-9(8-12)11(13)10-6-4-3-5-7-10/h3-7,9,12H,2,8H2,1H3. The van der Waals surface area contributed by atoms with E-state index in [1.54, 1.807) is 12.1 Å². The first kappa shape index (κ1) is 9.93. The Labute approximate surface area is 78.2 Å². The van der Waals surface area contributed by atoms with Crippen molar-refractivity contribution in [1.82, 2.24) is 0 Å². The van der Waals surface area contributed by atoms with Crippen molar-refractivity contribution in [2.45, 2.75) is 13.3 Å². The number of rotatable bonds is 4. The van der Waals surface area contributed by atoms with Gasteiger partial charge in [-0.2, -0.15) is 0 Å². The van der Waals surface area contributed by atoms with Gasteiger partial charge in [0.15, 0.2) is 5.78 Å². The van der Waals surface area contributed by atoms with Crippen LogP contribution in [-0.4, -0.2) is 17.5 Å². The molecule has 0 aliphatic heterocycles. The Balaban J connectivity index is 2.78. The van der Waals surface area contributed by atoms with Crippen molar-refractivity contribution in [2.75, 3.05) is 6.61 Å². The SMILES string of the molecule is CCC(CO)C(=O)c1ccccc1. The third-order valence-corrected chi connectivity index (χ3v) is 2.14. The van der Waals surface area contributed by atoms with Crippen LogP contribution in [0.25, 0.3) is 0 Å². The van der Waals surface area contributed by atoms with Crippen LogP contribution in [0.3, 0.4) is 0 Å². The zero-order valence-corrected chi connectivity index (χ0v) is 7.73. The molecular formula is C11H14O2. The number of aliphatic hydroxyl groups is 1. The monoisotopic (exact) mass is 178 g/mol. The van der Waals surface area contributed by atoms with E-state index in [0.717, 1.165) is 0 Å². The summed E-state index contributed by atoms with van der Waals surface area (Å²) >= 11 is 0. The van der Waals surface area contributed by atoms with Gasteiger partial charge in [0.1, 0.15) is 0 Å². The van der Waals surface area contributed by atoms with Crippen LogP contribution in [0.5, 0.6) is 0 Å². The minimum Gasteiger partial charge on any atom is -0.396 e. The predicted octanol–water partition coefficient (Wildman–Crippen LogP) is 1.89. The van der Waals surface area contributed by atoms with Crippen molar-refractivity contribution < 1.29 is 9.90 Å². The van der Waals surface area contributed by atoms with Crippen LogP contribution in [0.4, 0.5) is 0 Å². The molecule has 0 fully saturated rings. The summed E-state index contributed by atoms with van der Waals surface area (Å²) in [5, 5.41) is 8.94. The van der Waals surface area contributed by atoms with Crippen molar-refractivity contribution >= 4 is 5.78 Å². The molecule has 0 aromatic heterocycles. The van der Waals surface area contributed by atoms with Gasteiger partial charge < -0.3 is 5.11 Å². The summed E-state index contributed by atoms with van der Waals surface area (Å²) in [6, 6.07) is 9.09. The highest BCUT2D eigenvalue weighted by atomic mass is 16.3. The Morgan fingerprint density at radius 2 is 2.00 bits per heavy atom. The van der Waals surface area contributed by atoms with E-state index in [-0.39, 0.29) is 18.3 Å². The topological polar surface area (TPSA) is 37.3 Å². The molecule has 0 spiro atoms. The number of carbonyl (C=O) groups excluding carboxylic acids is 1. The molecule has 13 heavy (non-hydrogen) atoms. The van der Waals surface area contributed by atoms with Crippen LogP contribution in [0, 0.1) is 5.92 Å². The summed E-state index contributed by atoms with van der Waals surface area (Å²) in [6.07, 6.45) is 0.685. The number of aliphatic hydroxyl groups excluding tert-OH is 1. The smallest absolute Gasteiger partial charge is 0.168 e. The molecule has 2 heteroatoms. The van der Waals surface area contributed by atoms with E-state index >= 15 is 0 Å². The molecule has 0 aliphatic carbocycles. The van der Waals surface area contributed by atoms with Crippen LogP contribution in [0.15, 0.2) is 30.3 Å². The number of hydrogen-bond donors (Lipinski definition) is 1. The summed E-state index contributed by atoms with van der Waals surface area (Å²) in [5.74, 6) is -0.215. The lowest BCUT2D eigenvalue weighted by molar-refractivity contribution is 0.0856. The first-order valence-electron chi connectivity index (χ1n) is 4.49. The molecule has 1 N–H and O–H groups in total. The Morgan fingerprint density at radius 1 is 1.38 bits per heavy atom. The molecule has 1 unspecified atom stereocenters. The highest BCUT2D eigenvalue weighted by molar-refractivity contribution is 5.97. The van der Waals surface area contributed by atoms with Crippen molar-refractivity contribution in [3.63, 3.8) is 0 Å². The maximum absolute atomic E-state index is 11.6. The fourth-order valence-electron chi connectivity index (χ4n) is 1.24. The summed E-state index contributed by atoms with van der Waals surface area (Å²) in [4.78, 5) is 11.6. The number of hydrogen-bond acceptors (Lipinski definition) is 2. The second-order valence-electron chi connectivity index (χ2n) is 3.02. The Hall–Kier alpha value is -1.15. The molecule has 0 bridgehead atoms. The van der Waals surface area contributed by atoms with Crippen LogP contribution in [-0.2, 0) is 0 Å². The quantitative estimate of drug-likeness (QED) is 0.715. The van der Waals surface area contributed by atoms with Gasteiger partial charge in [-0.05, 0) is 6.42 Å². The van der Waals surface area contributed by atoms with Crippen molar-refractivity contribution in [1.29, 1.82) is 0 Å². The van der Waals surface area contributed by atoms with Crippen LogP contribution < -0.4 is 0 Å². The third-order valence-electron chi connectivity index (χ3n) is 2.14. The summed E-state index contributed by atoms with van der Waals surface area (Å²) < 4.78 is 0. The molecule has 1 rings (SSSR count). The maximum Gasteiger partial charge on any atom is 0.168 e. The normalized spacial score (nSPS) is 12.5. The van der Waals surface area contributed by atoms with E-state index in [9.17, 15) is 4.79 Å². The molecule has 0 saturated heterocycles. The van der Waals surface area contributed by atoms with Gasteiger partial charge in [0.05, 0.1) is 6.61 Å². The summed E-state index contributed by atoms with van der Waals surface area (Å²) in [7, 11) is 0. The average molecular weight is 178 g/mol. The second-order valence-corrected chi connectivity index (χ2v) is 3.02. The minimum absolute atomic E-state index is 0.0330. The Kier molecular flexibility index (Phi) is 3.65. The number of carbonyl (C=O) groups is 1. The van der Waals surface area contributed by atoms with E-state index in [4.69, 9.17) is 5.11 Å². The molecule has 1 aromatic carbocycles. The van der Waals surface area contributed by atoms with E-state index in [1.165, 1.54) is 0 Å². The Bertz CT molecular complexity index is 263. The lowest BCUT2D eigenvalue weighted by atomic mass is 9.96. The van der Waals surface area contributed by atoms with Gasteiger partial charge in [0.2, 0.25) is 0 Å². The van der Waals surface area contributed by atoms with Gasteiger partial charge in [-0.15, -0.1) is 0 Å². The van der Waals surface area contributed by atoms with Crippen molar-refractivity contribution in [2.24, 2.45) is 5.92 Å². The largest absolute Gasteiger partial charge is 0.396 e. The van der Waals surface area contributed by atoms with E-state index in [1.807, 2.05) is 25.1 Å². The van der Waals surface area contributed by atoms with Crippen LogP contribution in [0.1, 0.15) is 23.7 Å².